The second kappa shape index (κ2) is 8.75. The summed E-state index contributed by atoms with van der Waals surface area (Å²) in [7, 11) is -2.34. The van der Waals surface area contributed by atoms with Crippen LogP contribution in [0.15, 0.2) is 60.0 Å². The van der Waals surface area contributed by atoms with Crippen LogP contribution in [-0.2, 0) is 17.1 Å². The van der Waals surface area contributed by atoms with E-state index in [9.17, 15) is 13.5 Å². The smallest absolute Gasteiger partial charge is 0.267 e. The van der Waals surface area contributed by atoms with Gasteiger partial charge in [0.25, 0.3) is 10.0 Å². The number of sulfonamides is 1. The Morgan fingerprint density at radius 2 is 2.00 bits per heavy atom. The number of aromatic nitrogens is 5. The van der Waals surface area contributed by atoms with Crippen LogP contribution in [0.3, 0.4) is 0 Å². The fourth-order valence-corrected chi connectivity index (χ4v) is 4.07. The molecule has 0 bridgehead atoms. The van der Waals surface area contributed by atoms with Crippen LogP contribution < -0.4 is 9.46 Å². The summed E-state index contributed by atoms with van der Waals surface area (Å²) in [6, 6.07) is 9.22. The summed E-state index contributed by atoms with van der Waals surface area (Å²) < 4.78 is 35.1. The van der Waals surface area contributed by atoms with Gasteiger partial charge in [0.1, 0.15) is 4.90 Å². The molecule has 172 valence electrons. The van der Waals surface area contributed by atoms with Crippen LogP contribution in [0.1, 0.15) is 20.3 Å². The summed E-state index contributed by atoms with van der Waals surface area (Å²) in [5.74, 6) is 0.0320. The van der Waals surface area contributed by atoms with Gasteiger partial charge in [-0.2, -0.15) is 10.1 Å². The molecular weight excluding hydrogens is 444 g/mol. The predicted molar refractivity (Wildman–Crippen MR) is 123 cm³/mol. The lowest BCUT2D eigenvalue weighted by Crippen LogP contribution is -2.22. The maximum absolute atomic E-state index is 12.8. The highest BCUT2D eigenvalue weighted by Gasteiger charge is 2.20. The van der Waals surface area contributed by atoms with Crippen molar-refractivity contribution in [3.05, 3.63) is 55.1 Å². The molecule has 10 nitrogen and oxygen atoms in total. The van der Waals surface area contributed by atoms with E-state index in [1.807, 2.05) is 24.3 Å². The number of hydrogen-bond donors (Lipinski definition) is 2. The van der Waals surface area contributed by atoms with Crippen LogP contribution >= 0.6 is 0 Å². The number of anilines is 1. The Morgan fingerprint density at radius 1 is 1.18 bits per heavy atom. The van der Waals surface area contributed by atoms with E-state index in [2.05, 4.69) is 24.8 Å². The van der Waals surface area contributed by atoms with E-state index >= 15 is 0 Å². The van der Waals surface area contributed by atoms with Crippen molar-refractivity contribution in [2.45, 2.75) is 30.8 Å². The molecule has 11 heteroatoms. The number of nitrogens with one attached hydrogen (secondary N) is 1. The van der Waals surface area contributed by atoms with E-state index < -0.39 is 15.6 Å². The SMILES string of the molecule is Cn1cc(S(=O)(=O)Nc2nc(OCCC(C)(C)O)cc(-c3cccc4ccncc34)n2)cn1. The number of aliphatic hydroxyl groups is 1. The number of rotatable bonds is 8. The lowest BCUT2D eigenvalue weighted by atomic mass is 10.0. The normalized spacial score (nSPS) is 12.1. The molecule has 0 unspecified atom stereocenters. The van der Waals surface area contributed by atoms with E-state index in [0.29, 0.717) is 12.1 Å². The molecule has 4 rings (SSSR count). The van der Waals surface area contributed by atoms with Crippen molar-refractivity contribution in [1.29, 1.82) is 0 Å². The maximum Gasteiger partial charge on any atom is 0.267 e. The van der Waals surface area contributed by atoms with Crippen LogP contribution in [0.4, 0.5) is 5.95 Å². The van der Waals surface area contributed by atoms with Gasteiger partial charge in [0.05, 0.1) is 24.1 Å². The average Bonchev–Trinajstić information content (AvgIpc) is 3.19. The van der Waals surface area contributed by atoms with Gasteiger partial charge >= 0.3 is 0 Å². The minimum Gasteiger partial charge on any atom is -0.477 e. The molecular formula is C22H24N6O4S. The van der Waals surface area contributed by atoms with Crippen LogP contribution in [0.25, 0.3) is 22.0 Å². The van der Waals surface area contributed by atoms with E-state index in [1.54, 1.807) is 39.4 Å². The second-order valence-corrected chi connectivity index (χ2v) is 9.87. The molecule has 0 fully saturated rings. The Hall–Kier alpha value is -3.57. The number of aryl methyl sites for hydroxylation is 1. The Balaban J connectivity index is 1.75. The van der Waals surface area contributed by atoms with Gasteiger partial charge in [-0.25, -0.2) is 18.1 Å². The first-order valence-corrected chi connectivity index (χ1v) is 11.7. The lowest BCUT2D eigenvalue weighted by molar-refractivity contribution is 0.0547. The summed E-state index contributed by atoms with van der Waals surface area (Å²) in [4.78, 5) is 12.9. The van der Waals surface area contributed by atoms with Crippen LogP contribution in [0.5, 0.6) is 5.88 Å². The third-order valence-electron chi connectivity index (χ3n) is 4.84. The monoisotopic (exact) mass is 468 g/mol. The van der Waals surface area contributed by atoms with Crippen molar-refractivity contribution in [1.82, 2.24) is 24.7 Å². The zero-order valence-electron chi connectivity index (χ0n) is 18.4. The molecule has 3 aromatic heterocycles. The molecule has 2 N–H and O–H groups in total. The first kappa shape index (κ1) is 22.6. The van der Waals surface area contributed by atoms with Crippen molar-refractivity contribution >= 4 is 26.7 Å². The molecule has 0 saturated heterocycles. The first-order valence-electron chi connectivity index (χ1n) is 10.2. The molecule has 1 aromatic carbocycles. The van der Waals surface area contributed by atoms with Crippen LogP contribution in [0, 0.1) is 0 Å². The number of fused-ring (bicyclic) bond motifs is 1. The van der Waals surface area contributed by atoms with Gasteiger partial charge in [0, 0.05) is 49.1 Å². The van der Waals surface area contributed by atoms with Gasteiger partial charge in [0.15, 0.2) is 0 Å². The highest BCUT2D eigenvalue weighted by molar-refractivity contribution is 7.92. The average molecular weight is 469 g/mol. The lowest BCUT2D eigenvalue weighted by Gasteiger charge is -2.17. The molecule has 0 atom stereocenters. The molecule has 0 spiro atoms. The summed E-state index contributed by atoms with van der Waals surface area (Å²) in [5, 5.41) is 15.7. The number of benzene rings is 1. The van der Waals surface area contributed by atoms with Gasteiger partial charge in [-0.3, -0.25) is 9.67 Å². The third-order valence-corrected chi connectivity index (χ3v) is 6.13. The fourth-order valence-electron chi connectivity index (χ4n) is 3.14. The summed E-state index contributed by atoms with van der Waals surface area (Å²) in [6.07, 6.45) is 6.40. The van der Waals surface area contributed by atoms with Gasteiger partial charge in [-0.1, -0.05) is 18.2 Å². The van der Waals surface area contributed by atoms with Crippen LogP contribution in [0.2, 0.25) is 0 Å². The zero-order valence-corrected chi connectivity index (χ0v) is 19.2. The molecule has 4 aromatic rings. The van der Waals surface area contributed by atoms with Gasteiger partial charge in [-0.15, -0.1) is 0 Å². The van der Waals surface area contributed by atoms with E-state index in [-0.39, 0.29) is 23.3 Å². The van der Waals surface area contributed by atoms with E-state index in [4.69, 9.17) is 4.74 Å². The summed E-state index contributed by atoms with van der Waals surface area (Å²) >= 11 is 0. The van der Waals surface area contributed by atoms with Gasteiger partial charge in [0.2, 0.25) is 11.8 Å². The maximum atomic E-state index is 12.8. The predicted octanol–water partition coefficient (Wildman–Crippen LogP) is 2.77. The highest BCUT2D eigenvalue weighted by atomic mass is 32.2. The second-order valence-electron chi connectivity index (χ2n) is 8.18. The number of hydrogen-bond acceptors (Lipinski definition) is 8. The van der Waals surface area contributed by atoms with E-state index in [1.165, 1.54) is 17.1 Å². The summed E-state index contributed by atoms with van der Waals surface area (Å²) in [6.45, 7) is 3.54. The Kier molecular flexibility index (Phi) is 6.00. The van der Waals surface area contributed by atoms with Crippen molar-refractivity contribution in [2.75, 3.05) is 11.3 Å². The summed E-state index contributed by atoms with van der Waals surface area (Å²) in [5.41, 5.74) is 0.296. The minimum absolute atomic E-state index is 0.0159. The number of nitrogens with zero attached hydrogens (tertiary/aromatic N) is 5. The number of pyridine rings is 1. The molecule has 33 heavy (non-hydrogen) atoms. The fraction of sp³-hybridized carbons (Fsp3) is 0.273. The molecule has 0 radical (unpaired) electrons. The topological polar surface area (TPSA) is 132 Å². The molecule has 3 heterocycles. The van der Waals surface area contributed by atoms with Crippen molar-refractivity contribution in [2.24, 2.45) is 7.05 Å². The molecule has 0 amide bonds. The van der Waals surface area contributed by atoms with Crippen molar-refractivity contribution < 1.29 is 18.3 Å². The van der Waals surface area contributed by atoms with Gasteiger partial charge in [-0.05, 0) is 25.3 Å². The van der Waals surface area contributed by atoms with Crippen molar-refractivity contribution in [3.63, 3.8) is 0 Å². The number of ether oxygens (including phenoxy) is 1. The Labute approximate surface area is 191 Å². The van der Waals surface area contributed by atoms with Crippen molar-refractivity contribution in [3.8, 4) is 17.1 Å². The standard InChI is InChI=1S/C22H24N6O4S/c1-22(2,29)8-10-32-20-11-19(17-6-4-5-15-7-9-23-13-18(15)17)25-21(26-20)27-33(30,31)16-12-24-28(3)14-16/h4-7,9,11-14,29H,8,10H2,1-3H3,(H,25,26,27). The van der Waals surface area contributed by atoms with Gasteiger partial charge < -0.3 is 9.84 Å². The minimum atomic E-state index is -3.96. The van der Waals surface area contributed by atoms with Crippen LogP contribution in [-0.4, -0.2) is 50.5 Å². The molecule has 0 aliphatic carbocycles. The zero-order chi connectivity index (χ0) is 23.6. The third kappa shape index (κ3) is 5.44. The Morgan fingerprint density at radius 3 is 2.73 bits per heavy atom. The molecule has 0 saturated carbocycles. The molecule has 0 aliphatic heterocycles. The quantitative estimate of drug-likeness (QED) is 0.403. The Bertz CT molecular complexity index is 1390. The molecule has 0 aliphatic rings. The highest BCUT2D eigenvalue weighted by Crippen LogP contribution is 2.30. The first-order chi connectivity index (χ1) is 15.6. The largest absolute Gasteiger partial charge is 0.477 e. The van der Waals surface area contributed by atoms with E-state index in [0.717, 1.165) is 16.3 Å².